The van der Waals surface area contributed by atoms with Crippen LogP contribution >= 0.6 is 0 Å². The molecule has 2 aliphatic rings. The molecule has 1 saturated carbocycles. The third-order valence-corrected chi connectivity index (χ3v) is 5.13. The minimum Gasteiger partial charge on any atom is -0.369 e. The molecule has 1 aliphatic carbocycles. The van der Waals surface area contributed by atoms with Gasteiger partial charge in [-0.3, -0.25) is 9.59 Å². The molecule has 1 aliphatic heterocycles. The molecule has 1 saturated heterocycles. The molecule has 0 spiro atoms. The minimum absolute atomic E-state index is 0.0427. The number of amides is 2. The fraction of sp³-hybridized carbons (Fsp3) is 0.529. The molecule has 1 atom stereocenters. The van der Waals surface area contributed by atoms with Crippen LogP contribution < -0.4 is 5.73 Å². The molecule has 0 unspecified atom stereocenters. The van der Waals surface area contributed by atoms with Gasteiger partial charge in [0.25, 0.3) is 0 Å². The molecule has 2 fully saturated rings. The number of primary amides is 1. The Morgan fingerprint density at radius 1 is 1.23 bits per heavy atom. The molecule has 5 heteroatoms. The predicted molar refractivity (Wildman–Crippen MR) is 80.4 cm³/mol. The van der Waals surface area contributed by atoms with Crippen LogP contribution in [0.15, 0.2) is 24.3 Å². The van der Waals surface area contributed by atoms with E-state index in [0.717, 1.165) is 12.8 Å². The van der Waals surface area contributed by atoms with Crippen molar-refractivity contribution in [1.82, 2.24) is 4.90 Å². The quantitative estimate of drug-likeness (QED) is 0.928. The standard InChI is InChI=1S/C17H21FN2O2/c18-14-6-2-1-5-13(14)17(8-3-4-9-17)16(22)20-10-7-12(11-20)15(19)21/h1-2,5-6,12H,3-4,7-11H2,(H2,19,21)/t12-/m1/s1. The first-order chi connectivity index (χ1) is 10.5. The highest BCUT2D eigenvalue weighted by Crippen LogP contribution is 2.44. The summed E-state index contributed by atoms with van der Waals surface area (Å²) < 4.78 is 14.3. The van der Waals surface area contributed by atoms with Crippen LogP contribution in [0.1, 0.15) is 37.7 Å². The van der Waals surface area contributed by atoms with Crippen molar-refractivity contribution in [3.63, 3.8) is 0 Å². The van der Waals surface area contributed by atoms with Crippen LogP contribution in [0, 0.1) is 11.7 Å². The summed E-state index contributed by atoms with van der Waals surface area (Å²) in [5.74, 6) is -0.994. The lowest BCUT2D eigenvalue weighted by atomic mass is 9.77. The normalized spacial score (nSPS) is 23.7. The second kappa shape index (κ2) is 5.71. The predicted octanol–water partition coefficient (Wildman–Crippen LogP) is 1.97. The Morgan fingerprint density at radius 2 is 1.91 bits per heavy atom. The summed E-state index contributed by atoms with van der Waals surface area (Å²) in [5.41, 5.74) is 5.08. The van der Waals surface area contributed by atoms with E-state index in [1.165, 1.54) is 6.07 Å². The van der Waals surface area contributed by atoms with Gasteiger partial charge in [-0.2, -0.15) is 0 Å². The van der Waals surface area contributed by atoms with Gasteiger partial charge in [-0.25, -0.2) is 4.39 Å². The van der Waals surface area contributed by atoms with E-state index >= 15 is 0 Å². The first-order valence-electron chi connectivity index (χ1n) is 7.88. The molecule has 2 N–H and O–H groups in total. The van der Waals surface area contributed by atoms with E-state index in [2.05, 4.69) is 0 Å². The second-order valence-electron chi connectivity index (χ2n) is 6.41. The molecule has 4 nitrogen and oxygen atoms in total. The second-order valence-corrected chi connectivity index (χ2v) is 6.41. The van der Waals surface area contributed by atoms with Gasteiger partial charge in [-0.15, -0.1) is 0 Å². The zero-order chi connectivity index (χ0) is 15.7. The third-order valence-electron chi connectivity index (χ3n) is 5.13. The maximum absolute atomic E-state index is 14.3. The zero-order valence-electron chi connectivity index (χ0n) is 12.6. The molecular formula is C17H21FN2O2. The van der Waals surface area contributed by atoms with Crippen LogP contribution in [0.3, 0.4) is 0 Å². The Labute approximate surface area is 129 Å². The van der Waals surface area contributed by atoms with Gasteiger partial charge in [0.15, 0.2) is 0 Å². The van der Waals surface area contributed by atoms with E-state index < -0.39 is 5.41 Å². The van der Waals surface area contributed by atoms with E-state index in [-0.39, 0.29) is 23.5 Å². The van der Waals surface area contributed by atoms with Gasteiger partial charge in [-0.1, -0.05) is 31.0 Å². The summed E-state index contributed by atoms with van der Waals surface area (Å²) in [5, 5.41) is 0. The summed E-state index contributed by atoms with van der Waals surface area (Å²) in [6, 6.07) is 6.56. The third kappa shape index (κ3) is 2.38. The highest BCUT2D eigenvalue weighted by atomic mass is 19.1. The van der Waals surface area contributed by atoms with Crippen molar-refractivity contribution < 1.29 is 14.0 Å². The van der Waals surface area contributed by atoms with Crippen molar-refractivity contribution in [2.75, 3.05) is 13.1 Å². The van der Waals surface area contributed by atoms with Crippen LogP contribution in [0.25, 0.3) is 0 Å². The van der Waals surface area contributed by atoms with Crippen molar-refractivity contribution >= 4 is 11.8 Å². The Morgan fingerprint density at radius 3 is 2.50 bits per heavy atom. The van der Waals surface area contributed by atoms with E-state index in [9.17, 15) is 14.0 Å². The molecule has 1 aromatic rings. The summed E-state index contributed by atoms with van der Waals surface area (Å²) in [6.07, 6.45) is 3.80. The average molecular weight is 304 g/mol. The van der Waals surface area contributed by atoms with Gasteiger partial charge in [0.2, 0.25) is 11.8 Å². The first-order valence-corrected chi connectivity index (χ1v) is 7.88. The lowest BCUT2D eigenvalue weighted by Crippen LogP contribution is -2.45. The molecular weight excluding hydrogens is 283 g/mol. The molecule has 118 valence electrons. The van der Waals surface area contributed by atoms with Crippen molar-refractivity contribution in [3.8, 4) is 0 Å². The number of rotatable bonds is 3. The number of likely N-dealkylation sites (tertiary alicyclic amines) is 1. The van der Waals surface area contributed by atoms with Gasteiger partial charge in [0, 0.05) is 18.7 Å². The number of nitrogens with two attached hydrogens (primary N) is 1. The fourth-order valence-electron chi connectivity index (χ4n) is 3.91. The van der Waals surface area contributed by atoms with Crippen LogP contribution in [-0.2, 0) is 15.0 Å². The zero-order valence-corrected chi connectivity index (χ0v) is 12.6. The maximum atomic E-state index is 14.3. The molecule has 0 aromatic heterocycles. The highest BCUT2D eigenvalue weighted by molar-refractivity contribution is 5.90. The largest absolute Gasteiger partial charge is 0.369 e. The topological polar surface area (TPSA) is 63.4 Å². The number of nitrogens with zero attached hydrogens (tertiary/aromatic N) is 1. The number of hydrogen-bond acceptors (Lipinski definition) is 2. The van der Waals surface area contributed by atoms with E-state index in [1.54, 1.807) is 23.1 Å². The SMILES string of the molecule is NC(=O)[C@@H]1CCN(C(=O)C2(c3ccccc3F)CCCC2)C1. The maximum Gasteiger partial charge on any atom is 0.233 e. The first kappa shape index (κ1) is 15.0. The van der Waals surface area contributed by atoms with Gasteiger partial charge in [0.05, 0.1) is 11.3 Å². The summed E-state index contributed by atoms with van der Waals surface area (Å²) in [4.78, 5) is 26.1. The minimum atomic E-state index is -0.766. The van der Waals surface area contributed by atoms with Gasteiger partial charge in [0.1, 0.15) is 5.82 Å². The van der Waals surface area contributed by atoms with Crippen molar-refractivity contribution in [3.05, 3.63) is 35.6 Å². The van der Waals surface area contributed by atoms with E-state index in [0.29, 0.717) is 37.9 Å². The van der Waals surface area contributed by atoms with Crippen molar-refractivity contribution in [1.29, 1.82) is 0 Å². The van der Waals surface area contributed by atoms with E-state index in [1.807, 2.05) is 0 Å². The van der Waals surface area contributed by atoms with Crippen LogP contribution in [-0.4, -0.2) is 29.8 Å². The lowest BCUT2D eigenvalue weighted by molar-refractivity contribution is -0.136. The molecule has 1 aromatic carbocycles. The fourth-order valence-corrected chi connectivity index (χ4v) is 3.91. The Kier molecular flexibility index (Phi) is 3.89. The smallest absolute Gasteiger partial charge is 0.233 e. The number of carbonyl (C=O) groups is 2. The average Bonchev–Trinajstić information content (AvgIpc) is 3.17. The number of benzene rings is 1. The van der Waals surface area contributed by atoms with Crippen molar-refractivity contribution in [2.24, 2.45) is 11.7 Å². The Balaban J connectivity index is 1.90. The molecule has 1 heterocycles. The lowest BCUT2D eigenvalue weighted by Gasteiger charge is -2.33. The monoisotopic (exact) mass is 304 g/mol. The summed E-state index contributed by atoms with van der Waals surface area (Å²) in [6.45, 7) is 0.896. The molecule has 0 bridgehead atoms. The summed E-state index contributed by atoms with van der Waals surface area (Å²) >= 11 is 0. The number of hydrogen-bond donors (Lipinski definition) is 1. The van der Waals surface area contributed by atoms with Crippen LogP contribution in [0.2, 0.25) is 0 Å². The van der Waals surface area contributed by atoms with Gasteiger partial charge < -0.3 is 10.6 Å². The molecule has 22 heavy (non-hydrogen) atoms. The molecule has 2 amide bonds. The van der Waals surface area contributed by atoms with E-state index in [4.69, 9.17) is 5.73 Å². The van der Waals surface area contributed by atoms with Crippen LogP contribution in [0.5, 0.6) is 0 Å². The van der Waals surface area contributed by atoms with Gasteiger partial charge >= 0.3 is 0 Å². The molecule has 0 radical (unpaired) electrons. The van der Waals surface area contributed by atoms with Gasteiger partial charge in [-0.05, 0) is 25.3 Å². The Bertz CT molecular complexity index is 596. The van der Waals surface area contributed by atoms with Crippen molar-refractivity contribution in [2.45, 2.75) is 37.5 Å². The molecule has 3 rings (SSSR count). The Hall–Kier alpha value is -1.91. The number of carbonyl (C=O) groups excluding carboxylic acids is 2. The number of halogens is 1. The highest BCUT2D eigenvalue weighted by Gasteiger charge is 2.47. The summed E-state index contributed by atoms with van der Waals surface area (Å²) in [7, 11) is 0. The van der Waals surface area contributed by atoms with Crippen LogP contribution in [0.4, 0.5) is 4.39 Å².